The van der Waals surface area contributed by atoms with Gasteiger partial charge in [0.15, 0.2) is 12.4 Å². The molecule has 37 heavy (non-hydrogen) atoms. The number of carbonyl (C=O) groups excluding carboxylic acids is 3. The zero-order valence-electron chi connectivity index (χ0n) is 21.2. The fraction of sp³-hybridized carbons (Fsp3) is 0.286. The van der Waals surface area contributed by atoms with Crippen LogP contribution >= 0.6 is 0 Å². The van der Waals surface area contributed by atoms with E-state index >= 15 is 0 Å². The van der Waals surface area contributed by atoms with Gasteiger partial charge >= 0.3 is 5.97 Å². The van der Waals surface area contributed by atoms with Crippen molar-refractivity contribution in [1.82, 2.24) is 9.88 Å². The molecule has 0 radical (unpaired) electrons. The minimum absolute atomic E-state index is 0.121. The van der Waals surface area contributed by atoms with Crippen LogP contribution in [0.25, 0.3) is 5.76 Å². The molecule has 4 rings (SSSR count). The monoisotopic (exact) mass is 503 g/mol. The molecule has 1 aliphatic heterocycles. The predicted molar refractivity (Wildman–Crippen MR) is 132 cm³/mol. The van der Waals surface area contributed by atoms with Crippen molar-refractivity contribution in [3.63, 3.8) is 0 Å². The van der Waals surface area contributed by atoms with Crippen LogP contribution in [0.4, 0.5) is 0 Å². The molecule has 1 atom stereocenters. The van der Waals surface area contributed by atoms with Crippen molar-refractivity contribution >= 4 is 23.4 Å². The van der Waals surface area contributed by atoms with Gasteiger partial charge in [-0.2, -0.15) is 0 Å². The van der Waals surface area contributed by atoms with Gasteiger partial charge in [-0.15, -0.1) is 0 Å². The van der Waals surface area contributed by atoms with E-state index in [9.17, 15) is 19.5 Å². The number of aromatic amines is 2. The summed E-state index contributed by atoms with van der Waals surface area (Å²) in [4.78, 5) is 46.3. The second-order valence-electron chi connectivity index (χ2n) is 8.67. The largest absolute Gasteiger partial charge is 0.872 e. The minimum atomic E-state index is -0.914. The Morgan fingerprint density at radius 2 is 1.84 bits per heavy atom. The number of hydrogen-bond acceptors (Lipinski definition) is 6. The van der Waals surface area contributed by atoms with Gasteiger partial charge in [0.2, 0.25) is 5.78 Å². The summed E-state index contributed by atoms with van der Waals surface area (Å²) in [6.07, 6.45) is 3.48. The van der Waals surface area contributed by atoms with Gasteiger partial charge in [-0.25, -0.2) is 9.78 Å². The normalized spacial score (nSPS) is 16.8. The zero-order chi connectivity index (χ0) is 26.7. The molecule has 9 nitrogen and oxygen atoms in total. The topological polar surface area (TPSA) is 126 Å². The van der Waals surface area contributed by atoms with Gasteiger partial charge in [0.25, 0.3) is 5.91 Å². The molecule has 1 unspecified atom stereocenters. The Morgan fingerprint density at radius 3 is 2.46 bits per heavy atom. The van der Waals surface area contributed by atoms with E-state index < -0.39 is 29.5 Å². The summed E-state index contributed by atoms with van der Waals surface area (Å²) in [5.41, 5.74) is 2.33. The number of carbonyl (C=O) groups is 3. The number of nitrogens with one attached hydrogen (secondary N) is 2. The number of amides is 1. The van der Waals surface area contributed by atoms with Crippen molar-refractivity contribution in [3.05, 3.63) is 88.0 Å². The summed E-state index contributed by atoms with van der Waals surface area (Å²) in [5.74, 6) is -2.17. The summed E-state index contributed by atoms with van der Waals surface area (Å²) >= 11 is 0. The lowest BCUT2D eigenvalue weighted by molar-refractivity contribution is -0.378. The van der Waals surface area contributed by atoms with Crippen molar-refractivity contribution in [1.29, 1.82) is 0 Å². The third-order valence-electron chi connectivity index (χ3n) is 6.30. The Bertz CT molecular complexity index is 1360. The number of nitrogens with zero attached hydrogens (tertiary/aromatic N) is 1. The van der Waals surface area contributed by atoms with E-state index in [0.29, 0.717) is 29.2 Å². The fourth-order valence-electron chi connectivity index (χ4n) is 4.65. The highest BCUT2D eigenvalue weighted by Gasteiger charge is 2.44. The van der Waals surface area contributed by atoms with Gasteiger partial charge in [0.1, 0.15) is 11.4 Å². The van der Waals surface area contributed by atoms with E-state index in [-0.39, 0.29) is 30.0 Å². The molecule has 0 aliphatic carbocycles. The summed E-state index contributed by atoms with van der Waals surface area (Å²) in [5, 5.41) is 13.9. The van der Waals surface area contributed by atoms with Crippen LogP contribution in [0.1, 0.15) is 58.3 Å². The lowest BCUT2D eigenvalue weighted by Gasteiger charge is -2.27. The molecule has 2 N–H and O–H groups in total. The summed E-state index contributed by atoms with van der Waals surface area (Å²) in [6.45, 7) is 7.61. The first-order valence-corrected chi connectivity index (χ1v) is 12.1. The molecule has 3 aromatic rings. The van der Waals surface area contributed by atoms with E-state index in [4.69, 9.17) is 9.47 Å². The average Bonchev–Trinajstić information content (AvgIpc) is 3.32. The maximum atomic E-state index is 13.9. The Labute approximate surface area is 214 Å². The number of H-pyrrole nitrogens is 2. The second kappa shape index (κ2) is 10.7. The number of esters is 1. The number of ether oxygens (including phenoxy) is 2. The molecule has 1 aliphatic rings. The summed E-state index contributed by atoms with van der Waals surface area (Å²) < 4.78 is 10.6. The number of hydrogen-bond donors (Lipinski definition) is 1. The van der Waals surface area contributed by atoms with Crippen LogP contribution in [0.15, 0.2) is 54.4 Å². The Kier molecular flexibility index (Phi) is 7.42. The minimum Gasteiger partial charge on any atom is -0.872 e. The molecule has 2 aromatic heterocycles. The maximum absolute atomic E-state index is 13.9. The first-order chi connectivity index (χ1) is 17.8. The molecular weight excluding hydrogens is 474 g/mol. The van der Waals surface area contributed by atoms with Crippen LogP contribution < -0.4 is 14.8 Å². The van der Waals surface area contributed by atoms with E-state index in [1.165, 1.54) is 4.90 Å². The van der Waals surface area contributed by atoms with Crippen molar-refractivity contribution < 1.29 is 33.9 Å². The van der Waals surface area contributed by atoms with Crippen LogP contribution in [0.2, 0.25) is 0 Å². The number of ketones is 1. The van der Waals surface area contributed by atoms with Gasteiger partial charge in [-0.3, -0.25) is 9.59 Å². The fourth-order valence-corrected chi connectivity index (χ4v) is 4.65. The number of benzene rings is 1. The third-order valence-corrected chi connectivity index (χ3v) is 6.30. The second-order valence-corrected chi connectivity index (χ2v) is 8.67. The van der Waals surface area contributed by atoms with Crippen LogP contribution in [0.3, 0.4) is 0 Å². The molecule has 0 saturated carbocycles. The van der Waals surface area contributed by atoms with Crippen molar-refractivity contribution in [2.75, 3.05) is 13.2 Å². The molecule has 1 amide bonds. The predicted octanol–water partition coefficient (Wildman–Crippen LogP) is 2.45. The molecule has 1 fully saturated rings. The summed E-state index contributed by atoms with van der Waals surface area (Å²) in [6, 6.07) is 9.70. The van der Waals surface area contributed by atoms with Crippen molar-refractivity contribution in [2.24, 2.45) is 0 Å². The van der Waals surface area contributed by atoms with E-state index in [0.717, 1.165) is 5.56 Å². The first-order valence-electron chi connectivity index (χ1n) is 12.1. The van der Waals surface area contributed by atoms with Gasteiger partial charge in [0, 0.05) is 22.9 Å². The number of rotatable bonds is 8. The van der Waals surface area contributed by atoms with Gasteiger partial charge in [0.05, 0.1) is 25.8 Å². The molecule has 0 bridgehead atoms. The number of pyridine rings is 1. The molecule has 1 saturated heterocycles. The van der Waals surface area contributed by atoms with Crippen molar-refractivity contribution in [3.8, 4) is 5.75 Å². The van der Waals surface area contributed by atoms with E-state index in [2.05, 4.69) is 9.97 Å². The lowest BCUT2D eigenvalue weighted by atomic mass is 9.94. The van der Waals surface area contributed by atoms with E-state index in [1.54, 1.807) is 63.5 Å². The molecule has 192 valence electrons. The Morgan fingerprint density at radius 1 is 1.11 bits per heavy atom. The molecular formula is C28H29N3O6. The Balaban J connectivity index is 1.87. The van der Waals surface area contributed by atoms with Crippen LogP contribution in [0, 0.1) is 13.8 Å². The van der Waals surface area contributed by atoms with Crippen LogP contribution in [0.5, 0.6) is 5.75 Å². The molecule has 9 heteroatoms. The summed E-state index contributed by atoms with van der Waals surface area (Å²) in [7, 11) is 0. The quantitative estimate of drug-likeness (QED) is 0.218. The molecule has 3 heterocycles. The highest BCUT2D eigenvalue weighted by Crippen LogP contribution is 2.41. The number of likely N-dealkylation sites (tertiary alicyclic amines) is 1. The van der Waals surface area contributed by atoms with Crippen LogP contribution in [-0.4, -0.2) is 40.8 Å². The number of aryl methyl sites for hydroxylation is 1. The number of Topliss-reactive ketones (excluding diaryl/α,β-unsaturated/α-hetero) is 1. The SMILES string of the molecule is CCOC(=O)c1[nH]c(C)c(C([O-])=C2C(=O)C(=O)N(Cc3ccc[nH+]c3)C2c2ccc(OCC)cc2)c1C. The highest BCUT2D eigenvalue weighted by molar-refractivity contribution is 6.46. The standard InChI is InChI=1S/C28H29N3O6/c1-5-36-20-11-9-19(10-12-20)24-22(26(33)27(34)31(24)15-18-8-7-13-29-14-18)25(32)21-16(3)23(30-17(21)4)28(35)37-6-2/h7-14,24,30,32H,5-6,15H2,1-4H3. The lowest BCUT2D eigenvalue weighted by Crippen LogP contribution is -2.29. The van der Waals surface area contributed by atoms with Gasteiger partial charge in [-0.1, -0.05) is 17.9 Å². The van der Waals surface area contributed by atoms with Crippen LogP contribution in [-0.2, 0) is 20.9 Å². The Hall–Kier alpha value is -4.40. The number of aromatic nitrogens is 2. The van der Waals surface area contributed by atoms with E-state index in [1.807, 2.05) is 13.0 Å². The molecule has 1 aromatic carbocycles. The maximum Gasteiger partial charge on any atom is 0.355 e. The van der Waals surface area contributed by atoms with Gasteiger partial charge < -0.3 is 24.5 Å². The van der Waals surface area contributed by atoms with Crippen molar-refractivity contribution in [2.45, 2.75) is 40.3 Å². The third kappa shape index (κ3) is 4.84. The smallest absolute Gasteiger partial charge is 0.355 e. The highest BCUT2D eigenvalue weighted by atomic mass is 16.5. The molecule has 0 spiro atoms. The average molecular weight is 504 g/mol. The van der Waals surface area contributed by atoms with Gasteiger partial charge in [-0.05, 0) is 62.6 Å². The first kappa shape index (κ1) is 25.7. The zero-order valence-corrected chi connectivity index (χ0v) is 21.2.